The molecular formula is C13H30NO2+. The Hall–Kier alpha value is -0.120. The Labute approximate surface area is 101 Å². The molecule has 0 rings (SSSR count). The molecule has 0 aliphatic carbocycles. The minimum absolute atomic E-state index is 0.366. The van der Waals surface area contributed by atoms with Crippen LogP contribution in [0.2, 0.25) is 0 Å². The second-order valence-corrected chi connectivity index (χ2v) is 6.55. The van der Waals surface area contributed by atoms with Gasteiger partial charge in [0, 0.05) is 6.61 Å². The summed E-state index contributed by atoms with van der Waals surface area (Å²) < 4.78 is 12.0. The summed E-state index contributed by atoms with van der Waals surface area (Å²) in [4.78, 5) is 0. The molecule has 3 nitrogen and oxygen atoms in total. The maximum Gasteiger partial charge on any atom is 0.102 e. The predicted octanol–water partition coefficient (Wildman–Crippen LogP) is 2.16. The van der Waals surface area contributed by atoms with E-state index in [-0.39, 0.29) is 0 Å². The van der Waals surface area contributed by atoms with E-state index < -0.39 is 0 Å². The van der Waals surface area contributed by atoms with E-state index in [2.05, 4.69) is 41.9 Å². The van der Waals surface area contributed by atoms with Crippen molar-refractivity contribution in [3.05, 3.63) is 0 Å². The summed E-state index contributed by atoms with van der Waals surface area (Å²) in [6.07, 6.45) is 1.10. The molecule has 0 aromatic heterocycles. The molecule has 0 radical (unpaired) electrons. The standard InChI is InChI=1S/C13H30NO2/c1-13(2,3)7-9-15-11-12-16-10-8-14(4,5)6/h7-12H2,1-6H3/q+1. The first-order valence-electron chi connectivity index (χ1n) is 6.17. The van der Waals surface area contributed by atoms with E-state index in [1.807, 2.05) is 0 Å². The van der Waals surface area contributed by atoms with Crippen molar-refractivity contribution in [2.45, 2.75) is 27.2 Å². The Kier molecular flexibility index (Phi) is 7.20. The molecule has 0 saturated heterocycles. The van der Waals surface area contributed by atoms with E-state index in [1.165, 1.54) is 0 Å². The fourth-order valence-corrected chi connectivity index (χ4v) is 1.04. The quantitative estimate of drug-likeness (QED) is 0.472. The molecule has 3 heteroatoms. The van der Waals surface area contributed by atoms with Gasteiger partial charge in [-0.25, -0.2) is 0 Å². The van der Waals surface area contributed by atoms with Crippen molar-refractivity contribution in [3.63, 3.8) is 0 Å². The number of rotatable bonds is 8. The molecule has 0 atom stereocenters. The van der Waals surface area contributed by atoms with E-state index in [1.54, 1.807) is 0 Å². The van der Waals surface area contributed by atoms with Gasteiger partial charge >= 0.3 is 0 Å². The number of quaternary nitrogens is 1. The average Bonchev–Trinajstić information content (AvgIpc) is 2.06. The molecule has 16 heavy (non-hydrogen) atoms. The van der Waals surface area contributed by atoms with Crippen LogP contribution in [0, 0.1) is 5.41 Å². The Morgan fingerprint density at radius 1 is 0.812 bits per heavy atom. The highest BCUT2D eigenvalue weighted by atomic mass is 16.5. The van der Waals surface area contributed by atoms with Gasteiger partial charge in [0.05, 0.1) is 41.0 Å². The van der Waals surface area contributed by atoms with Gasteiger partial charge < -0.3 is 14.0 Å². The SMILES string of the molecule is CC(C)(C)CCOCCOCC[N+](C)(C)C. The second kappa shape index (κ2) is 7.25. The zero-order valence-corrected chi connectivity index (χ0v) is 12.0. The lowest BCUT2D eigenvalue weighted by atomic mass is 9.93. The fourth-order valence-electron chi connectivity index (χ4n) is 1.04. The van der Waals surface area contributed by atoms with E-state index in [4.69, 9.17) is 9.47 Å². The molecule has 0 fully saturated rings. The molecule has 98 valence electrons. The zero-order valence-electron chi connectivity index (χ0n) is 12.0. The van der Waals surface area contributed by atoms with Crippen LogP contribution in [0.4, 0.5) is 0 Å². The lowest BCUT2D eigenvalue weighted by Crippen LogP contribution is -2.37. The van der Waals surface area contributed by atoms with Gasteiger partial charge in [0.1, 0.15) is 6.54 Å². The van der Waals surface area contributed by atoms with Crippen molar-refractivity contribution in [1.82, 2.24) is 0 Å². The maximum absolute atomic E-state index is 5.51. The topological polar surface area (TPSA) is 18.5 Å². The zero-order chi connectivity index (χ0) is 12.7. The number of ether oxygens (including phenoxy) is 2. The Balaban J connectivity index is 3.17. The molecule has 0 unspecified atom stereocenters. The number of hydrogen-bond donors (Lipinski definition) is 0. The number of hydrogen-bond acceptors (Lipinski definition) is 2. The third-order valence-corrected chi connectivity index (χ3v) is 2.27. The molecule has 0 aromatic rings. The Morgan fingerprint density at radius 3 is 1.75 bits per heavy atom. The van der Waals surface area contributed by atoms with Gasteiger partial charge in [-0.05, 0) is 11.8 Å². The van der Waals surface area contributed by atoms with Gasteiger partial charge in [0.2, 0.25) is 0 Å². The molecule has 0 amide bonds. The smallest absolute Gasteiger partial charge is 0.102 e. The highest BCUT2D eigenvalue weighted by Gasteiger charge is 2.09. The maximum atomic E-state index is 5.51. The van der Waals surface area contributed by atoms with Crippen LogP contribution >= 0.6 is 0 Å². The monoisotopic (exact) mass is 232 g/mol. The van der Waals surface area contributed by atoms with Crippen molar-refractivity contribution in [3.8, 4) is 0 Å². The third-order valence-electron chi connectivity index (χ3n) is 2.27. The second-order valence-electron chi connectivity index (χ2n) is 6.55. The molecule has 0 aromatic carbocycles. The summed E-state index contributed by atoms with van der Waals surface area (Å²) in [6.45, 7) is 10.8. The van der Waals surface area contributed by atoms with Crippen molar-refractivity contribution in [2.24, 2.45) is 5.41 Å². The van der Waals surface area contributed by atoms with Gasteiger partial charge in [0.25, 0.3) is 0 Å². The summed E-state index contributed by atoms with van der Waals surface area (Å²) in [5, 5.41) is 0. The van der Waals surface area contributed by atoms with Gasteiger partial charge in [-0.2, -0.15) is 0 Å². The van der Waals surface area contributed by atoms with Crippen molar-refractivity contribution in [2.75, 3.05) is 54.1 Å². The lowest BCUT2D eigenvalue weighted by molar-refractivity contribution is -0.870. The molecule has 0 bridgehead atoms. The van der Waals surface area contributed by atoms with Gasteiger partial charge in [-0.15, -0.1) is 0 Å². The minimum Gasteiger partial charge on any atom is -0.379 e. The van der Waals surface area contributed by atoms with Crippen LogP contribution in [0.15, 0.2) is 0 Å². The van der Waals surface area contributed by atoms with Crippen LogP contribution in [-0.4, -0.2) is 58.6 Å². The number of nitrogens with zero attached hydrogens (tertiary/aromatic N) is 1. The summed E-state index contributed by atoms with van der Waals surface area (Å²) in [7, 11) is 6.51. The van der Waals surface area contributed by atoms with E-state index >= 15 is 0 Å². The van der Waals surface area contributed by atoms with Gasteiger partial charge in [-0.3, -0.25) is 0 Å². The van der Waals surface area contributed by atoms with Crippen molar-refractivity contribution < 1.29 is 14.0 Å². The van der Waals surface area contributed by atoms with Crippen LogP contribution in [0.3, 0.4) is 0 Å². The molecule has 0 saturated carbocycles. The van der Waals surface area contributed by atoms with Crippen LogP contribution in [0.1, 0.15) is 27.2 Å². The Morgan fingerprint density at radius 2 is 1.31 bits per heavy atom. The minimum atomic E-state index is 0.366. The summed E-state index contributed by atoms with van der Waals surface area (Å²) in [6, 6.07) is 0. The predicted molar refractivity (Wildman–Crippen MR) is 68.6 cm³/mol. The normalized spacial score (nSPS) is 13.1. The molecule has 0 N–H and O–H groups in total. The van der Waals surface area contributed by atoms with Crippen LogP contribution < -0.4 is 0 Å². The van der Waals surface area contributed by atoms with E-state index in [9.17, 15) is 0 Å². The fraction of sp³-hybridized carbons (Fsp3) is 1.00. The average molecular weight is 232 g/mol. The summed E-state index contributed by atoms with van der Waals surface area (Å²) in [5.41, 5.74) is 0.366. The largest absolute Gasteiger partial charge is 0.379 e. The van der Waals surface area contributed by atoms with E-state index in [0.29, 0.717) is 18.6 Å². The molecule has 0 aliphatic rings. The lowest BCUT2D eigenvalue weighted by Gasteiger charge is -2.23. The number of likely N-dealkylation sites (N-methyl/N-ethyl adjacent to an activating group) is 1. The van der Waals surface area contributed by atoms with Crippen LogP contribution in [-0.2, 0) is 9.47 Å². The van der Waals surface area contributed by atoms with Gasteiger partial charge in [-0.1, -0.05) is 20.8 Å². The van der Waals surface area contributed by atoms with Crippen molar-refractivity contribution in [1.29, 1.82) is 0 Å². The molecule has 0 heterocycles. The van der Waals surface area contributed by atoms with Crippen LogP contribution in [0.5, 0.6) is 0 Å². The Bertz CT molecular complexity index is 148. The highest BCUT2D eigenvalue weighted by molar-refractivity contribution is 4.59. The van der Waals surface area contributed by atoms with E-state index in [0.717, 1.165) is 30.7 Å². The molecule has 0 aliphatic heterocycles. The van der Waals surface area contributed by atoms with Crippen molar-refractivity contribution >= 4 is 0 Å². The molecule has 0 spiro atoms. The van der Waals surface area contributed by atoms with Gasteiger partial charge in [0.15, 0.2) is 0 Å². The summed E-state index contributed by atoms with van der Waals surface area (Å²) in [5.74, 6) is 0. The summed E-state index contributed by atoms with van der Waals surface area (Å²) >= 11 is 0. The first-order valence-corrected chi connectivity index (χ1v) is 6.17. The molecular weight excluding hydrogens is 202 g/mol. The highest BCUT2D eigenvalue weighted by Crippen LogP contribution is 2.17. The first kappa shape index (κ1) is 15.9. The third kappa shape index (κ3) is 13.9. The first-order chi connectivity index (χ1) is 7.21. The van der Waals surface area contributed by atoms with Crippen LogP contribution in [0.25, 0.3) is 0 Å².